The van der Waals surface area contributed by atoms with Crippen LogP contribution in [0.15, 0.2) is 24.3 Å². The zero-order valence-electron chi connectivity index (χ0n) is 17.8. The van der Waals surface area contributed by atoms with Crippen LogP contribution in [0.3, 0.4) is 0 Å². The molecule has 0 saturated carbocycles. The third-order valence-electron chi connectivity index (χ3n) is 6.33. The maximum Gasteiger partial charge on any atom is 0.228 e. The van der Waals surface area contributed by atoms with E-state index in [0.29, 0.717) is 32.5 Å². The van der Waals surface area contributed by atoms with Gasteiger partial charge in [-0.3, -0.25) is 14.4 Å². The van der Waals surface area contributed by atoms with E-state index in [1.54, 1.807) is 4.90 Å². The number of nitrogens with zero attached hydrogens (tertiary/aromatic N) is 2. The average molecular weight is 400 g/mol. The number of piperidine rings is 1. The molecule has 2 saturated heterocycles. The summed E-state index contributed by atoms with van der Waals surface area (Å²) in [7, 11) is 0. The van der Waals surface area contributed by atoms with Crippen molar-refractivity contribution in [1.82, 2.24) is 10.2 Å². The van der Waals surface area contributed by atoms with Crippen molar-refractivity contribution < 1.29 is 14.4 Å². The van der Waals surface area contributed by atoms with Gasteiger partial charge in [-0.05, 0) is 44.7 Å². The average Bonchev–Trinajstić information content (AvgIpc) is 3.13. The molecule has 158 valence electrons. The molecule has 29 heavy (non-hydrogen) atoms. The van der Waals surface area contributed by atoms with Gasteiger partial charge in [-0.25, -0.2) is 0 Å². The lowest BCUT2D eigenvalue weighted by Crippen LogP contribution is -2.46. The van der Waals surface area contributed by atoms with Gasteiger partial charge in [-0.2, -0.15) is 0 Å². The smallest absolute Gasteiger partial charge is 0.228 e. The zero-order chi connectivity index (χ0) is 21.0. The number of anilines is 1. The van der Waals surface area contributed by atoms with E-state index in [0.717, 1.165) is 24.1 Å². The molecular formula is C23H33N3O3. The van der Waals surface area contributed by atoms with E-state index in [-0.39, 0.29) is 42.0 Å². The number of carbonyl (C=O) groups excluding carboxylic acids is 3. The number of likely N-dealkylation sites (tertiary alicyclic amines) is 1. The first-order chi connectivity index (χ1) is 13.9. The van der Waals surface area contributed by atoms with Crippen molar-refractivity contribution in [2.45, 2.75) is 58.9 Å². The summed E-state index contributed by atoms with van der Waals surface area (Å²) in [6, 6.07) is 8.07. The van der Waals surface area contributed by atoms with Crippen LogP contribution in [-0.4, -0.2) is 48.3 Å². The quantitative estimate of drug-likeness (QED) is 0.800. The van der Waals surface area contributed by atoms with Crippen molar-refractivity contribution in [3.05, 3.63) is 29.8 Å². The predicted octanol–water partition coefficient (Wildman–Crippen LogP) is 2.89. The molecule has 2 aliphatic heterocycles. The highest BCUT2D eigenvalue weighted by Crippen LogP contribution is 2.28. The molecular weight excluding hydrogens is 366 g/mol. The third-order valence-corrected chi connectivity index (χ3v) is 6.33. The fourth-order valence-corrected chi connectivity index (χ4v) is 4.28. The number of aryl methyl sites for hydroxylation is 1. The minimum Gasteiger partial charge on any atom is -0.353 e. The highest BCUT2D eigenvalue weighted by Gasteiger charge is 2.38. The Morgan fingerprint density at radius 2 is 1.69 bits per heavy atom. The maximum absolute atomic E-state index is 13.0. The van der Waals surface area contributed by atoms with Gasteiger partial charge in [0.15, 0.2) is 0 Å². The number of amides is 3. The summed E-state index contributed by atoms with van der Waals surface area (Å²) < 4.78 is 0. The fraction of sp³-hybridized carbons (Fsp3) is 0.609. The van der Waals surface area contributed by atoms with Gasteiger partial charge in [0.05, 0.1) is 5.92 Å². The Morgan fingerprint density at radius 1 is 1.07 bits per heavy atom. The Labute approximate surface area is 173 Å². The second-order valence-corrected chi connectivity index (χ2v) is 8.36. The van der Waals surface area contributed by atoms with E-state index in [1.807, 2.05) is 36.1 Å². The van der Waals surface area contributed by atoms with Crippen LogP contribution in [0.25, 0.3) is 0 Å². The van der Waals surface area contributed by atoms with Gasteiger partial charge in [0, 0.05) is 43.7 Å². The number of nitrogens with one attached hydrogen (secondary N) is 1. The number of benzene rings is 1. The number of carbonyl (C=O) groups is 3. The molecule has 0 spiro atoms. The van der Waals surface area contributed by atoms with E-state index in [4.69, 9.17) is 0 Å². The van der Waals surface area contributed by atoms with Crippen LogP contribution in [0.4, 0.5) is 5.69 Å². The largest absolute Gasteiger partial charge is 0.353 e. The van der Waals surface area contributed by atoms with Gasteiger partial charge in [0.2, 0.25) is 17.7 Å². The first-order valence-corrected chi connectivity index (χ1v) is 10.9. The summed E-state index contributed by atoms with van der Waals surface area (Å²) in [5.41, 5.74) is 2.00. The van der Waals surface area contributed by atoms with Crippen LogP contribution < -0.4 is 10.2 Å². The fourth-order valence-electron chi connectivity index (χ4n) is 4.28. The summed E-state index contributed by atoms with van der Waals surface area (Å²) in [6.45, 7) is 7.80. The van der Waals surface area contributed by atoms with E-state index < -0.39 is 0 Å². The number of hydrogen-bond donors (Lipinski definition) is 1. The predicted molar refractivity (Wildman–Crippen MR) is 113 cm³/mol. The van der Waals surface area contributed by atoms with Gasteiger partial charge >= 0.3 is 0 Å². The molecule has 6 heteroatoms. The molecule has 1 atom stereocenters. The van der Waals surface area contributed by atoms with Gasteiger partial charge in [-0.1, -0.05) is 31.5 Å². The van der Waals surface area contributed by atoms with Crippen LogP contribution in [0.2, 0.25) is 0 Å². The summed E-state index contributed by atoms with van der Waals surface area (Å²) in [5, 5.41) is 3.13. The van der Waals surface area contributed by atoms with Crippen molar-refractivity contribution in [3.63, 3.8) is 0 Å². The van der Waals surface area contributed by atoms with Gasteiger partial charge in [0.1, 0.15) is 0 Å². The van der Waals surface area contributed by atoms with Crippen LogP contribution in [0.1, 0.15) is 51.5 Å². The summed E-state index contributed by atoms with van der Waals surface area (Å²) >= 11 is 0. The molecule has 0 bridgehead atoms. The first-order valence-electron chi connectivity index (χ1n) is 10.9. The van der Waals surface area contributed by atoms with Crippen molar-refractivity contribution in [1.29, 1.82) is 0 Å². The molecule has 0 aliphatic carbocycles. The topological polar surface area (TPSA) is 69.7 Å². The van der Waals surface area contributed by atoms with Gasteiger partial charge < -0.3 is 15.1 Å². The van der Waals surface area contributed by atoms with Crippen molar-refractivity contribution in [2.75, 3.05) is 24.5 Å². The molecule has 6 nitrogen and oxygen atoms in total. The maximum atomic E-state index is 13.0. The molecule has 1 aromatic rings. The zero-order valence-corrected chi connectivity index (χ0v) is 17.8. The molecule has 3 rings (SSSR count). The SMILES string of the molecule is CCC(CC)NC(=O)C1CCN(C(=O)C2CC(=O)N(c3ccc(C)cc3)C2)CC1. The Kier molecular flexibility index (Phi) is 6.93. The molecule has 2 fully saturated rings. The second kappa shape index (κ2) is 9.42. The Morgan fingerprint density at radius 3 is 2.28 bits per heavy atom. The van der Waals surface area contributed by atoms with E-state index >= 15 is 0 Å². The van der Waals surface area contributed by atoms with E-state index in [2.05, 4.69) is 19.2 Å². The molecule has 0 radical (unpaired) electrons. The third kappa shape index (κ3) is 4.98. The lowest BCUT2D eigenvalue weighted by molar-refractivity contribution is -0.139. The Hall–Kier alpha value is -2.37. The molecule has 1 N–H and O–H groups in total. The van der Waals surface area contributed by atoms with Crippen LogP contribution >= 0.6 is 0 Å². The van der Waals surface area contributed by atoms with E-state index in [1.165, 1.54) is 0 Å². The van der Waals surface area contributed by atoms with Crippen molar-refractivity contribution in [2.24, 2.45) is 11.8 Å². The summed E-state index contributed by atoms with van der Waals surface area (Å²) in [6.07, 6.45) is 3.53. The van der Waals surface area contributed by atoms with Crippen LogP contribution in [0.5, 0.6) is 0 Å². The molecule has 1 unspecified atom stereocenters. The van der Waals surface area contributed by atoms with Gasteiger partial charge in [0.25, 0.3) is 0 Å². The number of rotatable bonds is 6. The lowest BCUT2D eigenvalue weighted by atomic mass is 9.94. The highest BCUT2D eigenvalue weighted by atomic mass is 16.2. The molecule has 2 heterocycles. The standard InChI is InChI=1S/C23H33N3O3/c1-4-19(5-2)24-22(28)17-10-12-25(13-11-17)23(29)18-14-21(27)26(15-18)20-8-6-16(3)7-9-20/h6-9,17-19H,4-5,10-15H2,1-3H3,(H,24,28). The van der Waals surface area contributed by atoms with Crippen molar-refractivity contribution >= 4 is 23.4 Å². The van der Waals surface area contributed by atoms with E-state index in [9.17, 15) is 14.4 Å². The Balaban J connectivity index is 1.52. The van der Waals surface area contributed by atoms with Gasteiger partial charge in [-0.15, -0.1) is 0 Å². The Bertz CT molecular complexity index is 734. The first kappa shape index (κ1) is 21.3. The number of hydrogen-bond acceptors (Lipinski definition) is 3. The van der Waals surface area contributed by atoms with Crippen molar-refractivity contribution in [3.8, 4) is 0 Å². The monoisotopic (exact) mass is 399 g/mol. The van der Waals surface area contributed by atoms with Crippen LogP contribution in [0, 0.1) is 18.8 Å². The van der Waals surface area contributed by atoms with Crippen LogP contribution in [-0.2, 0) is 14.4 Å². The molecule has 2 aliphatic rings. The summed E-state index contributed by atoms with van der Waals surface area (Å²) in [5.74, 6) is -0.140. The second-order valence-electron chi connectivity index (χ2n) is 8.36. The molecule has 3 amide bonds. The molecule has 0 aromatic heterocycles. The normalized spacial score (nSPS) is 20.4. The minimum absolute atomic E-state index is 0.00615. The lowest BCUT2D eigenvalue weighted by Gasteiger charge is -2.33. The minimum atomic E-state index is -0.293. The summed E-state index contributed by atoms with van der Waals surface area (Å²) in [4.78, 5) is 41.5. The highest BCUT2D eigenvalue weighted by molar-refractivity contribution is 6.00. The molecule has 1 aromatic carbocycles.